The number of carbonyl (C=O) groups excluding carboxylic acids is 1. The first kappa shape index (κ1) is 13.4. The second-order valence-electron chi connectivity index (χ2n) is 4.08. The molecule has 98 valence electrons. The molecule has 0 spiro atoms. The highest BCUT2D eigenvalue weighted by molar-refractivity contribution is 6.32. The second kappa shape index (κ2) is 6.20. The third-order valence-corrected chi connectivity index (χ3v) is 2.91. The smallest absolute Gasteiger partial charge is 0.243 e. The molecule has 0 unspecified atom stereocenters. The normalized spacial score (nSPS) is 10.0. The van der Waals surface area contributed by atoms with Crippen molar-refractivity contribution < 1.29 is 4.79 Å². The molecule has 0 saturated carbocycles. The Morgan fingerprint density at radius 3 is 2.68 bits per heavy atom. The van der Waals surface area contributed by atoms with Crippen LogP contribution in [0.2, 0.25) is 5.15 Å². The Bertz CT molecular complexity index is 560. The molecule has 0 aliphatic heterocycles. The van der Waals surface area contributed by atoms with Crippen LogP contribution in [0, 0.1) is 0 Å². The van der Waals surface area contributed by atoms with Crippen molar-refractivity contribution in [1.82, 2.24) is 4.98 Å². The zero-order valence-electron chi connectivity index (χ0n) is 10.5. The summed E-state index contributed by atoms with van der Waals surface area (Å²) in [7, 11) is 1.86. The van der Waals surface area contributed by atoms with Gasteiger partial charge >= 0.3 is 0 Å². The van der Waals surface area contributed by atoms with Crippen LogP contribution in [0.25, 0.3) is 0 Å². The van der Waals surface area contributed by atoms with Crippen LogP contribution in [-0.4, -0.2) is 24.5 Å². The molecule has 2 aromatic rings. The first-order valence-electron chi connectivity index (χ1n) is 5.83. The van der Waals surface area contributed by atoms with Crippen molar-refractivity contribution in [1.29, 1.82) is 0 Å². The molecule has 0 aliphatic carbocycles. The van der Waals surface area contributed by atoms with Crippen LogP contribution in [-0.2, 0) is 4.79 Å². The van der Waals surface area contributed by atoms with E-state index in [1.807, 2.05) is 42.3 Å². The highest BCUT2D eigenvalue weighted by atomic mass is 35.5. The number of amides is 1. The van der Waals surface area contributed by atoms with E-state index in [0.717, 1.165) is 5.69 Å². The summed E-state index contributed by atoms with van der Waals surface area (Å²) in [5.41, 5.74) is 1.51. The van der Waals surface area contributed by atoms with Gasteiger partial charge in [0.2, 0.25) is 5.91 Å². The van der Waals surface area contributed by atoms with Crippen molar-refractivity contribution in [3.05, 3.63) is 53.8 Å². The number of hydrogen-bond acceptors (Lipinski definition) is 3. The summed E-state index contributed by atoms with van der Waals surface area (Å²) >= 11 is 5.88. The Labute approximate surface area is 117 Å². The van der Waals surface area contributed by atoms with E-state index in [-0.39, 0.29) is 12.5 Å². The number of hydrogen-bond donors (Lipinski definition) is 1. The lowest BCUT2D eigenvalue weighted by atomic mass is 10.3. The molecular formula is C14H14ClN3O. The largest absolute Gasteiger partial charge is 0.365 e. The summed E-state index contributed by atoms with van der Waals surface area (Å²) in [5, 5.41) is 3.03. The van der Waals surface area contributed by atoms with E-state index in [0.29, 0.717) is 10.8 Å². The number of nitrogens with zero attached hydrogens (tertiary/aromatic N) is 2. The van der Waals surface area contributed by atoms with Gasteiger partial charge in [0.15, 0.2) is 5.15 Å². The van der Waals surface area contributed by atoms with Gasteiger partial charge < -0.3 is 10.2 Å². The zero-order valence-corrected chi connectivity index (χ0v) is 11.3. The molecule has 4 nitrogen and oxygen atoms in total. The Kier molecular flexibility index (Phi) is 4.36. The highest BCUT2D eigenvalue weighted by Gasteiger charge is 2.09. The van der Waals surface area contributed by atoms with Crippen LogP contribution in [0.1, 0.15) is 0 Å². The van der Waals surface area contributed by atoms with Gasteiger partial charge in [-0.1, -0.05) is 29.8 Å². The number of anilines is 2. The topological polar surface area (TPSA) is 45.2 Å². The average molecular weight is 276 g/mol. The Morgan fingerprint density at radius 2 is 2.00 bits per heavy atom. The molecule has 0 radical (unpaired) electrons. The molecule has 0 aliphatic rings. The molecule has 19 heavy (non-hydrogen) atoms. The summed E-state index contributed by atoms with van der Waals surface area (Å²) in [6.07, 6.45) is 1.58. The van der Waals surface area contributed by atoms with Crippen LogP contribution in [0.3, 0.4) is 0 Å². The minimum absolute atomic E-state index is 0.138. The van der Waals surface area contributed by atoms with E-state index < -0.39 is 0 Å². The van der Waals surface area contributed by atoms with Gasteiger partial charge in [-0.15, -0.1) is 0 Å². The molecule has 1 amide bonds. The number of aromatic nitrogens is 1. The fourth-order valence-electron chi connectivity index (χ4n) is 1.66. The molecule has 1 aromatic carbocycles. The monoisotopic (exact) mass is 275 g/mol. The molecule has 1 heterocycles. The predicted octanol–water partition coefficient (Wildman–Crippen LogP) is 2.81. The number of para-hydroxylation sites is 1. The maximum atomic E-state index is 11.9. The third kappa shape index (κ3) is 3.69. The average Bonchev–Trinajstić information content (AvgIpc) is 2.42. The molecule has 0 fully saturated rings. The van der Waals surface area contributed by atoms with Crippen molar-refractivity contribution >= 4 is 28.9 Å². The third-order valence-electron chi connectivity index (χ3n) is 2.61. The number of pyridine rings is 1. The number of halogens is 1. The van der Waals surface area contributed by atoms with Crippen LogP contribution in [0.5, 0.6) is 0 Å². The van der Waals surface area contributed by atoms with Crippen molar-refractivity contribution in [2.24, 2.45) is 0 Å². The van der Waals surface area contributed by atoms with Gasteiger partial charge in [-0.2, -0.15) is 0 Å². The second-order valence-corrected chi connectivity index (χ2v) is 4.44. The molecule has 1 aromatic heterocycles. The van der Waals surface area contributed by atoms with Gasteiger partial charge in [0.05, 0.1) is 12.2 Å². The summed E-state index contributed by atoms with van der Waals surface area (Å²) in [6, 6.07) is 13.1. The Hall–Kier alpha value is -2.07. The Balaban J connectivity index is 1.97. The molecule has 2 rings (SSSR count). The number of benzene rings is 1. The van der Waals surface area contributed by atoms with Gasteiger partial charge in [0, 0.05) is 18.9 Å². The van der Waals surface area contributed by atoms with Crippen molar-refractivity contribution in [2.75, 3.05) is 23.8 Å². The van der Waals surface area contributed by atoms with Crippen LogP contribution in [0.4, 0.5) is 11.4 Å². The summed E-state index contributed by atoms with van der Waals surface area (Å²) in [5.74, 6) is -0.138. The lowest BCUT2D eigenvalue weighted by Gasteiger charge is -2.18. The van der Waals surface area contributed by atoms with E-state index in [1.165, 1.54) is 0 Å². The van der Waals surface area contributed by atoms with E-state index >= 15 is 0 Å². The lowest BCUT2D eigenvalue weighted by molar-refractivity contribution is -0.114. The van der Waals surface area contributed by atoms with E-state index in [1.54, 1.807) is 18.3 Å². The lowest BCUT2D eigenvalue weighted by Crippen LogP contribution is -2.30. The quantitative estimate of drug-likeness (QED) is 0.873. The molecular weight excluding hydrogens is 262 g/mol. The number of rotatable bonds is 4. The molecule has 1 N–H and O–H groups in total. The number of carbonyl (C=O) groups is 1. The minimum atomic E-state index is -0.138. The maximum absolute atomic E-state index is 11.9. The molecule has 0 bridgehead atoms. The predicted molar refractivity (Wildman–Crippen MR) is 77.6 cm³/mol. The molecule has 5 heteroatoms. The van der Waals surface area contributed by atoms with E-state index in [2.05, 4.69) is 10.3 Å². The van der Waals surface area contributed by atoms with Gasteiger partial charge in [-0.05, 0) is 24.3 Å². The number of nitrogens with one attached hydrogen (secondary N) is 1. The van der Waals surface area contributed by atoms with Crippen molar-refractivity contribution in [2.45, 2.75) is 0 Å². The standard InChI is InChI=1S/C14H14ClN3O/c1-18(11-6-3-2-4-7-11)10-13(19)17-12-8-5-9-16-14(12)15/h2-9H,10H2,1H3,(H,17,19). The Morgan fingerprint density at radius 1 is 1.26 bits per heavy atom. The van der Waals surface area contributed by atoms with Crippen LogP contribution >= 0.6 is 11.6 Å². The van der Waals surface area contributed by atoms with Gasteiger partial charge in [0.1, 0.15) is 0 Å². The van der Waals surface area contributed by atoms with Crippen LogP contribution in [0.15, 0.2) is 48.7 Å². The summed E-state index contributed by atoms with van der Waals surface area (Å²) in [6.45, 7) is 0.245. The van der Waals surface area contributed by atoms with E-state index in [9.17, 15) is 4.79 Å². The fraction of sp³-hybridized carbons (Fsp3) is 0.143. The van der Waals surface area contributed by atoms with Gasteiger partial charge in [-0.25, -0.2) is 4.98 Å². The summed E-state index contributed by atoms with van der Waals surface area (Å²) in [4.78, 5) is 17.7. The molecule has 0 saturated heterocycles. The highest BCUT2D eigenvalue weighted by Crippen LogP contribution is 2.17. The minimum Gasteiger partial charge on any atom is -0.365 e. The zero-order chi connectivity index (χ0) is 13.7. The van der Waals surface area contributed by atoms with E-state index in [4.69, 9.17) is 11.6 Å². The summed E-state index contributed by atoms with van der Waals surface area (Å²) < 4.78 is 0. The SMILES string of the molecule is CN(CC(=O)Nc1cccnc1Cl)c1ccccc1. The maximum Gasteiger partial charge on any atom is 0.243 e. The van der Waals surface area contributed by atoms with Gasteiger partial charge in [-0.3, -0.25) is 4.79 Å². The van der Waals surface area contributed by atoms with Crippen LogP contribution < -0.4 is 10.2 Å². The van der Waals surface area contributed by atoms with Crippen molar-refractivity contribution in [3.8, 4) is 0 Å². The first-order chi connectivity index (χ1) is 9.16. The van der Waals surface area contributed by atoms with Crippen molar-refractivity contribution in [3.63, 3.8) is 0 Å². The number of likely N-dealkylation sites (N-methyl/N-ethyl adjacent to an activating group) is 1. The van der Waals surface area contributed by atoms with Gasteiger partial charge in [0.25, 0.3) is 0 Å². The molecule has 0 atom stereocenters. The fourth-order valence-corrected chi connectivity index (χ4v) is 1.82. The first-order valence-corrected chi connectivity index (χ1v) is 6.21.